The van der Waals surface area contributed by atoms with Crippen LogP contribution in [0.2, 0.25) is 0 Å². The molecule has 0 spiro atoms. The van der Waals surface area contributed by atoms with Crippen molar-refractivity contribution >= 4 is 17.7 Å². The second kappa shape index (κ2) is 6.60. The lowest BCUT2D eigenvalue weighted by Gasteiger charge is -2.23. The topological polar surface area (TPSA) is 93.5 Å². The number of hydrogen-bond donors (Lipinski definition) is 2. The number of ether oxygens (including phenoxy) is 1. The Morgan fingerprint density at radius 2 is 2.04 bits per heavy atom. The summed E-state index contributed by atoms with van der Waals surface area (Å²) in [4.78, 5) is 27.9. The van der Waals surface area contributed by atoms with Crippen molar-refractivity contribution in [1.29, 1.82) is 0 Å². The molecule has 3 aromatic rings. The molecule has 136 valence electrons. The summed E-state index contributed by atoms with van der Waals surface area (Å²) < 4.78 is 7.08. The summed E-state index contributed by atoms with van der Waals surface area (Å²) in [5, 5.41) is 12.0. The molecule has 2 aromatic carbocycles. The Morgan fingerprint density at radius 1 is 1.26 bits per heavy atom. The lowest BCUT2D eigenvalue weighted by atomic mass is 9.89. The number of carbonyl (C=O) groups excluding carboxylic acids is 1. The number of anilines is 1. The monoisotopic (exact) mass is 363 g/mol. The third-order valence-electron chi connectivity index (χ3n) is 4.66. The van der Waals surface area contributed by atoms with E-state index in [1.807, 2.05) is 28.8 Å². The number of imidazole rings is 1. The van der Waals surface area contributed by atoms with Gasteiger partial charge in [-0.15, -0.1) is 0 Å². The van der Waals surface area contributed by atoms with Crippen molar-refractivity contribution in [2.75, 3.05) is 12.4 Å². The fourth-order valence-electron chi connectivity index (χ4n) is 3.30. The van der Waals surface area contributed by atoms with E-state index in [1.54, 1.807) is 37.7 Å². The lowest BCUT2D eigenvalue weighted by Crippen LogP contribution is -2.25. The van der Waals surface area contributed by atoms with Crippen LogP contribution in [0.1, 0.15) is 34.0 Å². The van der Waals surface area contributed by atoms with Crippen LogP contribution in [0.25, 0.3) is 5.69 Å². The molecule has 7 heteroatoms. The van der Waals surface area contributed by atoms with Crippen LogP contribution in [0.15, 0.2) is 54.9 Å². The number of nitrogens with one attached hydrogen (secondary N) is 1. The smallest absolute Gasteiger partial charge is 0.335 e. The molecule has 2 N–H and O–H groups in total. The number of hydrogen-bond acceptors (Lipinski definition) is 4. The van der Waals surface area contributed by atoms with Crippen LogP contribution in [0.3, 0.4) is 0 Å². The summed E-state index contributed by atoms with van der Waals surface area (Å²) in [7, 11) is 1.60. The number of aromatic carboxylic acids is 1. The first kappa shape index (κ1) is 16.8. The normalized spacial score (nSPS) is 15.7. The minimum Gasteiger partial charge on any atom is -0.497 e. The Morgan fingerprint density at radius 3 is 2.74 bits per heavy atom. The molecule has 0 aliphatic carbocycles. The van der Waals surface area contributed by atoms with Crippen molar-refractivity contribution in [2.45, 2.75) is 12.3 Å². The van der Waals surface area contributed by atoms with E-state index in [4.69, 9.17) is 9.84 Å². The maximum absolute atomic E-state index is 12.3. The number of methoxy groups -OCH3 is 1. The number of carboxylic acid groups (broad SMARTS) is 1. The fraction of sp³-hybridized carbons (Fsp3) is 0.150. The average molecular weight is 363 g/mol. The van der Waals surface area contributed by atoms with E-state index in [1.165, 1.54) is 0 Å². The lowest BCUT2D eigenvalue weighted by molar-refractivity contribution is -0.116. The standard InChI is InChI=1S/C20H17N3O4/c1-27-15-4-2-3-14(9-15)23-11-21-18-16(10-17(24)22-19(18)23)12-5-7-13(8-6-12)20(25)26/h2-9,11,16H,10H2,1H3,(H,22,24)(H,25,26)/t16-/m0/s1. The van der Waals surface area contributed by atoms with E-state index in [-0.39, 0.29) is 23.8 Å². The Hall–Kier alpha value is -3.61. The van der Waals surface area contributed by atoms with Crippen molar-refractivity contribution < 1.29 is 19.4 Å². The number of carboxylic acids is 1. The SMILES string of the molecule is COc1cccc(-n2cnc3c2NC(=O)C[C@H]3c2ccc(C(=O)O)cc2)c1. The summed E-state index contributed by atoms with van der Waals surface area (Å²) in [6, 6.07) is 14.0. The molecule has 27 heavy (non-hydrogen) atoms. The van der Waals surface area contributed by atoms with E-state index in [9.17, 15) is 9.59 Å². The van der Waals surface area contributed by atoms with Gasteiger partial charge in [0.1, 0.15) is 17.9 Å². The molecule has 0 unspecified atom stereocenters. The predicted octanol–water partition coefficient (Wildman–Crippen LogP) is 3.05. The van der Waals surface area contributed by atoms with Gasteiger partial charge >= 0.3 is 5.97 Å². The minimum absolute atomic E-state index is 0.112. The van der Waals surface area contributed by atoms with Gasteiger partial charge in [-0.25, -0.2) is 9.78 Å². The average Bonchev–Trinajstić information content (AvgIpc) is 3.11. The van der Waals surface area contributed by atoms with E-state index in [0.29, 0.717) is 11.6 Å². The van der Waals surface area contributed by atoms with Gasteiger partial charge in [0, 0.05) is 18.4 Å². The Kier molecular flexibility index (Phi) is 4.12. The molecule has 1 aliphatic heterocycles. The number of nitrogens with zero attached hydrogens (tertiary/aromatic N) is 2. The molecule has 1 amide bonds. The van der Waals surface area contributed by atoms with Crippen molar-refractivity contribution in [3.8, 4) is 11.4 Å². The minimum atomic E-state index is -0.981. The molecule has 1 aromatic heterocycles. The summed E-state index contributed by atoms with van der Waals surface area (Å²) in [6.45, 7) is 0. The highest BCUT2D eigenvalue weighted by Crippen LogP contribution is 2.37. The molecule has 0 bridgehead atoms. The van der Waals surface area contributed by atoms with Gasteiger partial charge in [0.15, 0.2) is 0 Å². The molecule has 2 heterocycles. The summed E-state index contributed by atoms with van der Waals surface area (Å²) in [5.74, 6) is -0.00134. The highest BCUT2D eigenvalue weighted by Gasteiger charge is 2.31. The van der Waals surface area contributed by atoms with E-state index in [2.05, 4.69) is 10.3 Å². The number of fused-ring (bicyclic) bond motifs is 1. The van der Waals surface area contributed by atoms with Crippen molar-refractivity contribution in [2.24, 2.45) is 0 Å². The first-order valence-electron chi connectivity index (χ1n) is 8.41. The van der Waals surface area contributed by atoms with Crippen LogP contribution < -0.4 is 10.1 Å². The van der Waals surface area contributed by atoms with Crippen LogP contribution in [0.5, 0.6) is 5.75 Å². The second-order valence-electron chi connectivity index (χ2n) is 6.28. The highest BCUT2D eigenvalue weighted by atomic mass is 16.5. The molecule has 0 fully saturated rings. The molecule has 0 saturated carbocycles. The third kappa shape index (κ3) is 3.03. The Balaban J connectivity index is 1.76. The van der Waals surface area contributed by atoms with Gasteiger partial charge in [-0.05, 0) is 29.8 Å². The fourth-order valence-corrected chi connectivity index (χ4v) is 3.30. The molecule has 0 radical (unpaired) electrons. The number of aromatic nitrogens is 2. The van der Waals surface area contributed by atoms with Gasteiger partial charge in [-0.3, -0.25) is 9.36 Å². The Bertz CT molecular complexity index is 1020. The first-order valence-corrected chi connectivity index (χ1v) is 8.41. The number of benzene rings is 2. The second-order valence-corrected chi connectivity index (χ2v) is 6.28. The zero-order valence-electron chi connectivity index (χ0n) is 14.5. The van der Waals surface area contributed by atoms with E-state index >= 15 is 0 Å². The van der Waals surface area contributed by atoms with Crippen LogP contribution in [0, 0.1) is 0 Å². The van der Waals surface area contributed by atoms with Crippen molar-refractivity contribution in [1.82, 2.24) is 9.55 Å². The van der Waals surface area contributed by atoms with Gasteiger partial charge in [-0.2, -0.15) is 0 Å². The quantitative estimate of drug-likeness (QED) is 0.743. The third-order valence-corrected chi connectivity index (χ3v) is 4.66. The first-order chi connectivity index (χ1) is 13.1. The van der Waals surface area contributed by atoms with Crippen molar-refractivity contribution in [3.63, 3.8) is 0 Å². The van der Waals surface area contributed by atoms with Gasteiger partial charge in [0.2, 0.25) is 5.91 Å². The zero-order chi connectivity index (χ0) is 19.0. The summed E-state index contributed by atoms with van der Waals surface area (Å²) in [6.07, 6.45) is 1.93. The molecule has 7 nitrogen and oxygen atoms in total. The Labute approximate surface area is 155 Å². The predicted molar refractivity (Wildman–Crippen MR) is 98.6 cm³/mol. The van der Waals surface area contributed by atoms with Crippen LogP contribution in [-0.2, 0) is 4.79 Å². The molecular formula is C20H17N3O4. The molecule has 1 aliphatic rings. The number of amides is 1. The molecule has 1 atom stereocenters. The van der Waals surface area contributed by atoms with Gasteiger partial charge in [0.25, 0.3) is 0 Å². The number of carbonyl (C=O) groups is 2. The van der Waals surface area contributed by atoms with Gasteiger partial charge in [0.05, 0.1) is 24.1 Å². The molecule has 0 saturated heterocycles. The van der Waals surface area contributed by atoms with Gasteiger partial charge < -0.3 is 15.2 Å². The van der Waals surface area contributed by atoms with Crippen LogP contribution in [-0.4, -0.2) is 33.6 Å². The van der Waals surface area contributed by atoms with Crippen LogP contribution >= 0.6 is 0 Å². The number of rotatable bonds is 4. The summed E-state index contributed by atoms with van der Waals surface area (Å²) in [5.41, 5.74) is 2.64. The molecular weight excluding hydrogens is 346 g/mol. The zero-order valence-corrected chi connectivity index (χ0v) is 14.5. The maximum Gasteiger partial charge on any atom is 0.335 e. The highest BCUT2D eigenvalue weighted by molar-refractivity contribution is 5.94. The van der Waals surface area contributed by atoms with Crippen molar-refractivity contribution in [3.05, 3.63) is 71.7 Å². The van der Waals surface area contributed by atoms with E-state index < -0.39 is 5.97 Å². The van der Waals surface area contributed by atoms with Gasteiger partial charge in [-0.1, -0.05) is 18.2 Å². The maximum atomic E-state index is 12.3. The van der Waals surface area contributed by atoms with E-state index in [0.717, 1.165) is 16.9 Å². The largest absolute Gasteiger partial charge is 0.497 e. The summed E-state index contributed by atoms with van der Waals surface area (Å²) >= 11 is 0. The van der Waals surface area contributed by atoms with Crippen LogP contribution in [0.4, 0.5) is 5.82 Å². The molecule has 4 rings (SSSR count).